The van der Waals surface area contributed by atoms with Gasteiger partial charge in [0, 0.05) is 38.5 Å². The average Bonchev–Trinajstić information content (AvgIpc) is 4.00. The summed E-state index contributed by atoms with van der Waals surface area (Å²) in [6, 6.07) is 87.8. The predicted octanol–water partition coefficient (Wildman–Crippen LogP) is 17.7. The van der Waals surface area contributed by atoms with Crippen molar-refractivity contribution in [1.82, 2.24) is 0 Å². The van der Waals surface area contributed by atoms with Gasteiger partial charge in [-0.3, -0.25) is 0 Å². The molecule has 0 bridgehead atoms. The van der Waals surface area contributed by atoms with Gasteiger partial charge >= 0.3 is 0 Å². The lowest BCUT2D eigenvalue weighted by Gasteiger charge is -2.35. The molecule has 0 fully saturated rings. The molecule has 0 saturated heterocycles. The monoisotopic (exact) mass is 867 g/mol. The Morgan fingerprint density at radius 3 is 1.68 bits per heavy atom. The highest BCUT2D eigenvalue weighted by atomic mass is 16.3. The molecule has 2 nitrogen and oxygen atoms in total. The third-order valence-corrected chi connectivity index (χ3v) is 15.3. The van der Waals surface area contributed by atoms with Crippen molar-refractivity contribution < 1.29 is 4.42 Å². The fourth-order valence-corrected chi connectivity index (χ4v) is 12.2. The first-order valence-corrected chi connectivity index (χ1v) is 23.7. The van der Waals surface area contributed by atoms with Crippen LogP contribution in [0.3, 0.4) is 0 Å². The molecule has 0 spiro atoms. The SMILES string of the molecule is CC1(C)c2ccccc2-c2ccc(N(c3ccc4c(c3)C(c3ccccc3)(c3ccc(-c5cccc6c5oc5ccccc56)cc3)c3ccccc3-4)c3cc4ccccc4c4ccccc34)cc21. The summed E-state index contributed by atoms with van der Waals surface area (Å²) < 4.78 is 6.56. The standard InChI is InChI=1S/C66H45NO/c1-65(2)58-28-13-10-22-51(58)53-37-35-46(40-60(53)65)67(62-39-43-17-6-7-20-48(43)50-21-8-9-24-55(50)62)47-36-38-54-52-23-11-14-29-59(52)66(61(54)41-47,44-18-4-3-5-19-44)45-33-31-42(32-34-45)49-26-16-27-57-56-25-12-15-30-63(56)68-64(49)57/h3-41H,1-2H3. The Morgan fingerprint density at radius 2 is 0.897 bits per heavy atom. The van der Waals surface area contributed by atoms with Crippen molar-refractivity contribution in [3.63, 3.8) is 0 Å². The molecule has 1 unspecified atom stereocenters. The van der Waals surface area contributed by atoms with Gasteiger partial charge < -0.3 is 9.32 Å². The molecular weight excluding hydrogens is 823 g/mol. The van der Waals surface area contributed by atoms with Crippen LogP contribution in [-0.4, -0.2) is 0 Å². The summed E-state index contributed by atoms with van der Waals surface area (Å²) in [5, 5.41) is 7.19. The summed E-state index contributed by atoms with van der Waals surface area (Å²) >= 11 is 0. The lowest BCUT2D eigenvalue weighted by molar-refractivity contribution is 0.660. The van der Waals surface area contributed by atoms with Crippen LogP contribution in [-0.2, 0) is 10.8 Å². The predicted molar refractivity (Wildman–Crippen MR) is 284 cm³/mol. The van der Waals surface area contributed by atoms with Crippen LogP contribution < -0.4 is 4.90 Å². The van der Waals surface area contributed by atoms with Crippen LogP contribution in [0.15, 0.2) is 241 Å². The number of benzene rings is 11. The summed E-state index contributed by atoms with van der Waals surface area (Å²) in [5.41, 5.74) is 19.5. The molecule has 1 atom stereocenters. The molecule has 11 aromatic carbocycles. The van der Waals surface area contributed by atoms with E-state index in [0.29, 0.717) is 0 Å². The maximum Gasteiger partial charge on any atom is 0.143 e. The van der Waals surface area contributed by atoms with E-state index in [1.165, 1.54) is 77.2 Å². The molecule has 14 rings (SSSR count). The topological polar surface area (TPSA) is 16.4 Å². The van der Waals surface area contributed by atoms with E-state index >= 15 is 0 Å². The zero-order valence-corrected chi connectivity index (χ0v) is 37.9. The summed E-state index contributed by atoms with van der Waals surface area (Å²) in [7, 11) is 0. The van der Waals surface area contributed by atoms with E-state index in [1.54, 1.807) is 0 Å². The molecule has 2 aliphatic carbocycles. The van der Waals surface area contributed by atoms with Crippen molar-refractivity contribution in [2.75, 3.05) is 4.90 Å². The van der Waals surface area contributed by atoms with Gasteiger partial charge in [-0.1, -0.05) is 214 Å². The number of nitrogens with zero attached hydrogens (tertiary/aromatic N) is 1. The second-order valence-electron chi connectivity index (χ2n) is 19.1. The first kappa shape index (κ1) is 38.8. The van der Waals surface area contributed by atoms with Crippen molar-refractivity contribution in [1.29, 1.82) is 0 Å². The molecule has 0 amide bonds. The third-order valence-electron chi connectivity index (χ3n) is 15.3. The first-order chi connectivity index (χ1) is 33.5. The molecule has 1 aromatic heterocycles. The Hall–Kier alpha value is -8.46. The van der Waals surface area contributed by atoms with Crippen molar-refractivity contribution in [3.05, 3.63) is 270 Å². The van der Waals surface area contributed by atoms with Crippen LogP contribution in [0.5, 0.6) is 0 Å². The average molecular weight is 868 g/mol. The van der Waals surface area contributed by atoms with Gasteiger partial charge in [0.15, 0.2) is 0 Å². The molecule has 12 aromatic rings. The van der Waals surface area contributed by atoms with Crippen LogP contribution in [0.25, 0.3) is 76.9 Å². The molecule has 0 aliphatic heterocycles. The second-order valence-corrected chi connectivity index (χ2v) is 19.1. The van der Waals surface area contributed by atoms with E-state index < -0.39 is 5.41 Å². The molecule has 0 saturated carbocycles. The molecule has 1 heterocycles. The first-order valence-electron chi connectivity index (χ1n) is 23.7. The van der Waals surface area contributed by atoms with Crippen LogP contribution >= 0.6 is 0 Å². The number of fused-ring (bicyclic) bond motifs is 12. The van der Waals surface area contributed by atoms with Gasteiger partial charge in [-0.05, 0) is 114 Å². The smallest absolute Gasteiger partial charge is 0.143 e. The highest BCUT2D eigenvalue weighted by Gasteiger charge is 2.46. The summed E-state index contributed by atoms with van der Waals surface area (Å²) in [6.45, 7) is 4.75. The molecule has 2 heteroatoms. The molecule has 68 heavy (non-hydrogen) atoms. The summed E-state index contributed by atoms with van der Waals surface area (Å²) in [5.74, 6) is 0. The Bertz CT molecular complexity index is 4010. The minimum absolute atomic E-state index is 0.163. The fraction of sp³-hybridized carbons (Fsp3) is 0.0606. The summed E-state index contributed by atoms with van der Waals surface area (Å²) in [6.07, 6.45) is 0. The van der Waals surface area contributed by atoms with E-state index in [-0.39, 0.29) is 5.41 Å². The van der Waals surface area contributed by atoms with Crippen molar-refractivity contribution in [2.45, 2.75) is 24.7 Å². The summed E-state index contributed by atoms with van der Waals surface area (Å²) in [4.78, 5) is 2.53. The van der Waals surface area contributed by atoms with Crippen LogP contribution in [0.4, 0.5) is 17.1 Å². The Morgan fingerprint density at radius 1 is 0.353 bits per heavy atom. The van der Waals surface area contributed by atoms with E-state index in [9.17, 15) is 0 Å². The van der Waals surface area contributed by atoms with Crippen LogP contribution in [0.2, 0.25) is 0 Å². The fourth-order valence-electron chi connectivity index (χ4n) is 12.2. The van der Waals surface area contributed by atoms with Gasteiger partial charge in [-0.15, -0.1) is 0 Å². The molecule has 320 valence electrons. The lowest BCUT2D eigenvalue weighted by Crippen LogP contribution is -2.28. The minimum Gasteiger partial charge on any atom is -0.455 e. The van der Waals surface area contributed by atoms with E-state index in [4.69, 9.17) is 4.42 Å². The van der Waals surface area contributed by atoms with Gasteiger partial charge in [0.25, 0.3) is 0 Å². The van der Waals surface area contributed by atoms with Gasteiger partial charge in [0.05, 0.1) is 11.1 Å². The number of hydrogen-bond donors (Lipinski definition) is 0. The van der Waals surface area contributed by atoms with E-state index in [1.807, 2.05) is 6.07 Å². The van der Waals surface area contributed by atoms with E-state index in [2.05, 4.69) is 249 Å². The number of rotatable bonds is 6. The molecular formula is C66H45NO. The van der Waals surface area contributed by atoms with Gasteiger partial charge in [-0.2, -0.15) is 0 Å². The maximum absolute atomic E-state index is 6.56. The third kappa shape index (κ3) is 5.40. The lowest BCUT2D eigenvalue weighted by atomic mass is 9.67. The van der Waals surface area contributed by atoms with Gasteiger partial charge in [-0.25, -0.2) is 0 Å². The second kappa shape index (κ2) is 14.5. The zero-order valence-electron chi connectivity index (χ0n) is 37.9. The Labute approximate surface area is 396 Å². The highest BCUT2D eigenvalue weighted by Crippen LogP contribution is 2.58. The largest absolute Gasteiger partial charge is 0.455 e. The maximum atomic E-state index is 6.56. The van der Waals surface area contributed by atoms with Gasteiger partial charge in [0.1, 0.15) is 11.2 Å². The van der Waals surface area contributed by atoms with Crippen LogP contribution in [0.1, 0.15) is 47.2 Å². The Balaban J connectivity index is 1.02. The van der Waals surface area contributed by atoms with Crippen molar-refractivity contribution in [3.8, 4) is 33.4 Å². The van der Waals surface area contributed by atoms with Crippen LogP contribution in [0, 0.1) is 0 Å². The number of para-hydroxylation sites is 2. The number of furan rings is 1. The number of hydrogen-bond acceptors (Lipinski definition) is 2. The minimum atomic E-state index is -0.619. The van der Waals surface area contributed by atoms with Crippen molar-refractivity contribution in [2.24, 2.45) is 0 Å². The van der Waals surface area contributed by atoms with Crippen molar-refractivity contribution >= 4 is 60.5 Å². The quantitative estimate of drug-likeness (QED) is 0.155. The van der Waals surface area contributed by atoms with E-state index in [0.717, 1.165) is 50.1 Å². The zero-order chi connectivity index (χ0) is 45.1. The van der Waals surface area contributed by atoms with Gasteiger partial charge in [0.2, 0.25) is 0 Å². The molecule has 2 aliphatic rings. The number of anilines is 3. The molecule has 0 N–H and O–H groups in total. The molecule has 0 radical (unpaired) electrons. The Kier molecular flexibility index (Phi) is 8.28. The highest BCUT2D eigenvalue weighted by molar-refractivity contribution is 6.15. The normalized spacial score (nSPS) is 15.4.